The van der Waals surface area contributed by atoms with Crippen LogP contribution in [0.4, 0.5) is 0 Å². The van der Waals surface area contributed by atoms with Gasteiger partial charge in [-0.25, -0.2) is 4.98 Å². The number of hydrogen-bond donors (Lipinski definition) is 1. The molecule has 27 heavy (non-hydrogen) atoms. The summed E-state index contributed by atoms with van der Waals surface area (Å²) in [5.74, 6) is -0.222. The van der Waals surface area contributed by atoms with Gasteiger partial charge < -0.3 is 5.32 Å². The molecule has 1 N–H and O–H groups in total. The maximum absolute atomic E-state index is 12.9. The Bertz CT molecular complexity index is 984. The highest BCUT2D eigenvalue weighted by molar-refractivity contribution is 7.99. The Kier molecular flexibility index (Phi) is 6.50. The normalized spacial score (nSPS) is 13.4. The van der Waals surface area contributed by atoms with Gasteiger partial charge in [-0.1, -0.05) is 31.7 Å². The molecule has 144 valence electrons. The number of carbonyl (C=O) groups is 1. The van der Waals surface area contributed by atoms with E-state index in [2.05, 4.69) is 22.9 Å². The van der Waals surface area contributed by atoms with Gasteiger partial charge in [0.05, 0.1) is 17.2 Å². The summed E-state index contributed by atoms with van der Waals surface area (Å²) in [6.07, 6.45) is 1.64. The Morgan fingerprint density at radius 3 is 2.74 bits per heavy atom. The third kappa shape index (κ3) is 4.25. The molecule has 0 aliphatic rings. The number of aryl methyl sites for hydroxylation is 2. The highest BCUT2D eigenvalue weighted by atomic mass is 32.2. The van der Waals surface area contributed by atoms with E-state index >= 15 is 0 Å². The molecule has 0 radical (unpaired) electrons. The first-order valence-corrected chi connectivity index (χ1v) is 10.4. The number of nitriles is 1. The standard InChI is InChI=1S/C19H24N4O2S2/c1-7-8-23-17(25)15-12(4)13(5)27-16(15)21-18(23)26-9-14(24)22-19(6,10-20)11(2)3/h7,11H,1,8-9H2,2-6H3,(H,22,24)/t19-/m0/s1. The molecule has 1 atom stereocenters. The van der Waals surface area contributed by atoms with Crippen molar-refractivity contribution in [3.63, 3.8) is 0 Å². The number of fused-ring (bicyclic) bond motifs is 1. The van der Waals surface area contributed by atoms with Gasteiger partial charge in [-0.3, -0.25) is 14.2 Å². The van der Waals surface area contributed by atoms with Gasteiger partial charge in [0.15, 0.2) is 5.16 Å². The van der Waals surface area contributed by atoms with Crippen molar-refractivity contribution < 1.29 is 4.79 Å². The highest BCUT2D eigenvalue weighted by Gasteiger charge is 2.30. The fraction of sp³-hybridized carbons (Fsp3) is 0.474. The number of thiophene rings is 1. The summed E-state index contributed by atoms with van der Waals surface area (Å²) in [5.41, 5.74) is -0.104. The van der Waals surface area contributed by atoms with Crippen LogP contribution < -0.4 is 10.9 Å². The number of rotatable bonds is 7. The van der Waals surface area contributed by atoms with Gasteiger partial charge in [0.25, 0.3) is 5.56 Å². The van der Waals surface area contributed by atoms with Gasteiger partial charge in [-0.05, 0) is 32.3 Å². The second-order valence-corrected chi connectivity index (χ2v) is 9.01. The van der Waals surface area contributed by atoms with Gasteiger partial charge in [0.1, 0.15) is 10.4 Å². The molecule has 0 bridgehead atoms. The number of thioether (sulfide) groups is 1. The minimum atomic E-state index is -0.933. The van der Waals surface area contributed by atoms with Crippen LogP contribution in [0, 0.1) is 31.1 Å². The molecule has 0 saturated carbocycles. The van der Waals surface area contributed by atoms with Crippen molar-refractivity contribution in [3.05, 3.63) is 33.4 Å². The van der Waals surface area contributed by atoms with E-state index in [9.17, 15) is 14.9 Å². The summed E-state index contributed by atoms with van der Waals surface area (Å²) in [6.45, 7) is 13.4. The summed E-state index contributed by atoms with van der Waals surface area (Å²) in [7, 11) is 0. The number of nitrogens with one attached hydrogen (secondary N) is 1. The molecule has 0 saturated heterocycles. The molecule has 0 fully saturated rings. The first kappa shape index (κ1) is 21.2. The topological polar surface area (TPSA) is 87.8 Å². The lowest BCUT2D eigenvalue weighted by Crippen LogP contribution is -2.49. The van der Waals surface area contributed by atoms with Gasteiger partial charge in [-0.2, -0.15) is 5.26 Å². The maximum Gasteiger partial charge on any atom is 0.263 e. The average Bonchev–Trinajstić information content (AvgIpc) is 2.90. The molecule has 8 heteroatoms. The molecule has 2 heterocycles. The van der Waals surface area contributed by atoms with Crippen molar-refractivity contribution in [2.45, 2.75) is 51.9 Å². The first-order valence-electron chi connectivity index (χ1n) is 8.61. The first-order chi connectivity index (χ1) is 12.6. The van der Waals surface area contributed by atoms with Crippen molar-refractivity contribution >= 4 is 39.2 Å². The number of allylic oxidation sites excluding steroid dienone is 1. The fourth-order valence-electron chi connectivity index (χ4n) is 2.47. The second kappa shape index (κ2) is 8.28. The van der Waals surface area contributed by atoms with Gasteiger partial charge >= 0.3 is 0 Å². The van der Waals surface area contributed by atoms with Crippen LogP contribution in [0.1, 0.15) is 31.2 Å². The molecule has 0 spiro atoms. The minimum Gasteiger partial charge on any atom is -0.337 e. The molecular weight excluding hydrogens is 380 g/mol. The van der Waals surface area contributed by atoms with Crippen LogP contribution in [-0.2, 0) is 11.3 Å². The van der Waals surface area contributed by atoms with E-state index in [-0.39, 0.29) is 23.1 Å². The molecule has 1 amide bonds. The van der Waals surface area contributed by atoms with Crippen LogP contribution >= 0.6 is 23.1 Å². The van der Waals surface area contributed by atoms with E-state index in [4.69, 9.17) is 0 Å². The van der Waals surface area contributed by atoms with Crippen molar-refractivity contribution in [3.8, 4) is 6.07 Å². The molecule has 0 aliphatic carbocycles. The van der Waals surface area contributed by atoms with Crippen molar-refractivity contribution in [2.24, 2.45) is 5.92 Å². The zero-order valence-corrected chi connectivity index (χ0v) is 17.9. The largest absolute Gasteiger partial charge is 0.337 e. The van der Waals surface area contributed by atoms with E-state index < -0.39 is 5.54 Å². The number of hydrogen-bond acceptors (Lipinski definition) is 6. The lowest BCUT2D eigenvalue weighted by Gasteiger charge is -2.27. The molecular formula is C19H24N4O2S2. The third-order valence-electron chi connectivity index (χ3n) is 4.68. The molecule has 2 rings (SSSR count). The molecule has 2 aromatic rings. The zero-order valence-electron chi connectivity index (χ0n) is 16.3. The molecule has 2 aromatic heterocycles. The highest BCUT2D eigenvalue weighted by Crippen LogP contribution is 2.28. The summed E-state index contributed by atoms with van der Waals surface area (Å²) in [4.78, 5) is 31.6. The second-order valence-electron chi connectivity index (χ2n) is 6.87. The maximum atomic E-state index is 12.9. The Hall–Kier alpha value is -2.11. The van der Waals surface area contributed by atoms with Crippen molar-refractivity contribution in [1.29, 1.82) is 5.26 Å². The predicted octanol–water partition coefficient (Wildman–Crippen LogP) is 3.41. The van der Waals surface area contributed by atoms with Crippen LogP contribution in [0.3, 0.4) is 0 Å². The monoisotopic (exact) mass is 404 g/mol. The number of aromatic nitrogens is 2. The Morgan fingerprint density at radius 1 is 1.52 bits per heavy atom. The Balaban J connectivity index is 2.32. The van der Waals surface area contributed by atoms with E-state index in [1.165, 1.54) is 23.1 Å². The minimum absolute atomic E-state index is 0.0260. The number of carbonyl (C=O) groups excluding carboxylic acids is 1. The average molecular weight is 405 g/mol. The zero-order chi connectivity index (χ0) is 20.4. The SMILES string of the molecule is C=CCn1c(SCC(=O)N[C@@](C)(C#N)C(C)C)nc2sc(C)c(C)c2c1=O. The quantitative estimate of drug-likeness (QED) is 0.434. The summed E-state index contributed by atoms with van der Waals surface area (Å²) in [5, 5.41) is 13.2. The lowest BCUT2D eigenvalue weighted by atomic mass is 9.90. The van der Waals surface area contributed by atoms with Crippen LogP contribution in [0.25, 0.3) is 10.2 Å². The van der Waals surface area contributed by atoms with Gasteiger partial charge in [0.2, 0.25) is 5.91 Å². The smallest absolute Gasteiger partial charge is 0.263 e. The van der Waals surface area contributed by atoms with Crippen LogP contribution in [-0.4, -0.2) is 26.8 Å². The van der Waals surface area contributed by atoms with E-state index in [0.717, 1.165) is 10.4 Å². The number of nitrogens with zero attached hydrogens (tertiary/aromatic N) is 3. The van der Waals surface area contributed by atoms with E-state index in [1.54, 1.807) is 17.6 Å². The molecule has 0 aliphatic heterocycles. The van der Waals surface area contributed by atoms with Crippen LogP contribution in [0.15, 0.2) is 22.6 Å². The van der Waals surface area contributed by atoms with Crippen LogP contribution in [0.5, 0.6) is 0 Å². The molecule has 0 unspecified atom stereocenters. The van der Waals surface area contributed by atoms with E-state index in [0.29, 0.717) is 21.9 Å². The molecule has 6 nitrogen and oxygen atoms in total. The number of amides is 1. The summed E-state index contributed by atoms with van der Waals surface area (Å²) < 4.78 is 1.54. The fourth-order valence-corrected chi connectivity index (χ4v) is 4.35. The van der Waals surface area contributed by atoms with Gasteiger partial charge in [-0.15, -0.1) is 17.9 Å². The third-order valence-corrected chi connectivity index (χ3v) is 6.76. The van der Waals surface area contributed by atoms with Crippen molar-refractivity contribution in [1.82, 2.24) is 14.9 Å². The Labute approximate surface area is 167 Å². The van der Waals surface area contributed by atoms with Crippen molar-refractivity contribution in [2.75, 3.05) is 5.75 Å². The molecule has 0 aromatic carbocycles. The van der Waals surface area contributed by atoms with E-state index in [1.807, 2.05) is 27.7 Å². The summed E-state index contributed by atoms with van der Waals surface area (Å²) in [6, 6.07) is 2.16. The van der Waals surface area contributed by atoms with Crippen LogP contribution in [0.2, 0.25) is 0 Å². The predicted molar refractivity (Wildman–Crippen MR) is 111 cm³/mol. The summed E-state index contributed by atoms with van der Waals surface area (Å²) >= 11 is 2.67. The van der Waals surface area contributed by atoms with Gasteiger partial charge in [0, 0.05) is 11.4 Å². The Morgan fingerprint density at radius 2 is 2.19 bits per heavy atom. The lowest BCUT2D eigenvalue weighted by molar-refractivity contribution is -0.120.